The summed E-state index contributed by atoms with van der Waals surface area (Å²) in [6.45, 7) is 3.07. The number of aromatic nitrogens is 2. The summed E-state index contributed by atoms with van der Waals surface area (Å²) >= 11 is 6.08. The molecule has 3 heteroatoms. The van der Waals surface area contributed by atoms with Crippen LogP contribution in [0.15, 0.2) is 12.4 Å². The summed E-state index contributed by atoms with van der Waals surface area (Å²) in [5, 5.41) is 4.70. The van der Waals surface area contributed by atoms with Gasteiger partial charge in [-0.05, 0) is 44.1 Å². The van der Waals surface area contributed by atoms with Crippen molar-refractivity contribution in [2.75, 3.05) is 0 Å². The molecule has 78 valence electrons. The Morgan fingerprint density at radius 3 is 3.00 bits per heavy atom. The Balaban J connectivity index is 1.90. The van der Waals surface area contributed by atoms with Gasteiger partial charge >= 0.3 is 0 Å². The van der Waals surface area contributed by atoms with Gasteiger partial charge in [0.15, 0.2) is 0 Å². The molecule has 1 aromatic rings. The number of nitrogens with zero attached hydrogens (tertiary/aromatic N) is 2. The smallest absolute Gasteiger partial charge is 0.0521 e. The minimum Gasteiger partial charge on any atom is -0.273 e. The van der Waals surface area contributed by atoms with E-state index in [1.54, 1.807) is 0 Å². The maximum atomic E-state index is 6.08. The van der Waals surface area contributed by atoms with Crippen molar-refractivity contribution in [3.63, 3.8) is 0 Å². The molecule has 1 aliphatic rings. The van der Waals surface area contributed by atoms with E-state index >= 15 is 0 Å². The van der Waals surface area contributed by atoms with E-state index in [2.05, 4.69) is 18.2 Å². The van der Waals surface area contributed by atoms with Crippen molar-refractivity contribution in [1.29, 1.82) is 0 Å². The van der Waals surface area contributed by atoms with Crippen LogP contribution in [0.3, 0.4) is 0 Å². The molecule has 0 spiro atoms. The van der Waals surface area contributed by atoms with Crippen molar-refractivity contribution in [3.05, 3.63) is 18.0 Å². The van der Waals surface area contributed by atoms with Gasteiger partial charge < -0.3 is 0 Å². The molecule has 2 atom stereocenters. The third-order valence-electron chi connectivity index (χ3n) is 3.01. The fourth-order valence-corrected chi connectivity index (χ4v) is 2.60. The molecular weight excluding hydrogens is 196 g/mol. The predicted octanol–water partition coefficient (Wildman–Crippen LogP) is 2.85. The summed E-state index contributed by atoms with van der Waals surface area (Å²) in [4.78, 5) is 0. The van der Waals surface area contributed by atoms with E-state index in [1.165, 1.54) is 24.8 Å². The van der Waals surface area contributed by atoms with Gasteiger partial charge in [-0.25, -0.2) is 0 Å². The predicted molar refractivity (Wildman–Crippen MR) is 58.6 cm³/mol. The summed E-state index contributed by atoms with van der Waals surface area (Å²) in [5.74, 6) is 0.784. The van der Waals surface area contributed by atoms with Crippen molar-refractivity contribution in [3.8, 4) is 0 Å². The van der Waals surface area contributed by atoms with E-state index in [-0.39, 0.29) is 0 Å². The molecule has 0 amide bonds. The standard InChI is InChI=1S/C11H17ClN2/c1-2-14-8-10(7-13-14)5-9-3-4-11(12)6-9/h7-9,11H,2-6H2,1H3. The molecule has 2 rings (SSSR count). The lowest BCUT2D eigenvalue weighted by Gasteiger charge is -2.05. The van der Waals surface area contributed by atoms with Gasteiger partial charge in [0.1, 0.15) is 0 Å². The highest BCUT2D eigenvalue weighted by Crippen LogP contribution is 2.31. The van der Waals surface area contributed by atoms with E-state index in [1.807, 2.05) is 10.9 Å². The highest BCUT2D eigenvalue weighted by atomic mass is 35.5. The summed E-state index contributed by atoms with van der Waals surface area (Å²) < 4.78 is 1.99. The Kier molecular flexibility index (Phi) is 3.12. The van der Waals surface area contributed by atoms with Gasteiger partial charge in [-0.15, -0.1) is 11.6 Å². The van der Waals surface area contributed by atoms with Crippen molar-refractivity contribution in [1.82, 2.24) is 9.78 Å². The number of hydrogen-bond acceptors (Lipinski definition) is 1. The molecule has 1 fully saturated rings. The Morgan fingerprint density at radius 1 is 1.57 bits per heavy atom. The first-order valence-electron chi connectivity index (χ1n) is 5.43. The molecule has 1 heterocycles. The summed E-state index contributed by atoms with van der Waals surface area (Å²) in [6.07, 6.45) is 8.95. The van der Waals surface area contributed by atoms with Crippen molar-refractivity contribution in [2.24, 2.45) is 5.92 Å². The molecule has 0 saturated heterocycles. The second kappa shape index (κ2) is 4.35. The molecule has 0 aliphatic heterocycles. The zero-order valence-corrected chi connectivity index (χ0v) is 9.37. The Labute approximate surface area is 90.3 Å². The number of halogens is 1. The molecule has 14 heavy (non-hydrogen) atoms. The lowest BCUT2D eigenvalue weighted by Crippen LogP contribution is -1.99. The second-order valence-electron chi connectivity index (χ2n) is 4.18. The highest BCUT2D eigenvalue weighted by Gasteiger charge is 2.23. The molecule has 0 N–H and O–H groups in total. The summed E-state index contributed by atoms with van der Waals surface area (Å²) in [5.41, 5.74) is 1.36. The van der Waals surface area contributed by atoms with Crippen LogP contribution in [-0.2, 0) is 13.0 Å². The molecule has 0 aromatic carbocycles. The van der Waals surface area contributed by atoms with Crippen LogP contribution in [0.2, 0.25) is 0 Å². The molecule has 2 nitrogen and oxygen atoms in total. The fourth-order valence-electron chi connectivity index (χ4n) is 2.22. The minimum atomic E-state index is 0.418. The zero-order valence-electron chi connectivity index (χ0n) is 8.62. The zero-order chi connectivity index (χ0) is 9.97. The van der Waals surface area contributed by atoms with Gasteiger partial charge in [0.25, 0.3) is 0 Å². The largest absolute Gasteiger partial charge is 0.273 e. The highest BCUT2D eigenvalue weighted by molar-refractivity contribution is 6.20. The fraction of sp³-hybridized carbons (Fsp3) is 0.727. The maximum Gasteiger partial charge on any atom is 0.0521 e. The van der Waals surface area contributed by atoms with Crippen LogP contribution in [0.5, 0.6) is 0 Å². The number of rotatable bonds is 3. The number of alkyl halides is 1. The Morgan fingerprint density at radius 2 is 2.43 bits per heavy atom. The van der Waals surface area contributed by atoms with Crippen LogP contribution in [0.25, 0.3) is 0 Å². The molecule has 1 aromatic heterocycles. The SMILES string of the molecule is CCn1cc(CC2CCC(Cl)C2)cn1. The minimum absolute atomic E-state index is 0.418. The lowest BCUT2D eigenvalue weighted by molar-refractivity contribution is 0.546. The van der Waals surface area contributed by atoms with Crippen LogP contribution in [-0.4, -0.2) is 15.2 Å². The number of hydrogen-bond donors (Lipinski definition) is 0. The van der Waals surface area contributed by atoms with Crippen LogP contribution in [0.4, 0.5) is 0 Å². The average Bonchev–Trinajstić information content (AvgIpc) is 2.76. The molecule has 0 bridgehead atoms. The van der Waals surface area contributed by atoms with Gasteiger partial charge in [-0.1, -0.05) is 0 Å². The first kappa shape index (κ1) is 10.0. The van der Waals surface area contributed by atoms with Crippen molar-refractivity contribution < 1.29 is 0 Å². The third kappa shape index (κ3) is 2.30. The third-order valence-corrected chi connectivity index (χ3v) is 3.41. The molecule has 0 radical (unpaired) electrons. The van der Waals surface area contributed by atoms with E-state index in [0.29, 0.717) is 5.38 Å². The normalized spacial score (nSPS) is 27.0. The van der Waals surface area contributed by atoms with Crippen LogP contribution >= 0.6 is 11.6 Å². The molecule has 2 unspecified atom stereocenters. The molecule has 1 aliphatic carbocycles. The average molecular weight is 213 g/mol. The van der Waals surface area contributed by atoms with E-state index in [4.69, 9.17) is 11.6 Å². The van der Waals surface area contributed by atoms with Gasteiger partial charge in [0, 0.05) is 18.1 Å². The van der Waals surface area contributed by atoms with Crippen molar-refractivity contribution >= 4 is 11.6 Å². The Bertz CT molecular complexity index is 295. The summed E-state index contributed by atoms with van der Waals surface area (Å²) in [6, 6.07) is 0. The Hall–Kier alpha value is -0.500. The van der Waals surface area contributed by atoms with E-state index in [0.717, 1.165) is 18.9 Å². The van der Waals surface area contributed by atoms with Crippen LogP contribution in [0.1, 0.15) is 31.7 Å². The molecular formula is C11H17ClN2. The van der Waals surface area contributed by atoms with Gasteiger partial charge in [0.05, 0.1) is 6.20 Å². The van der Waals surface area contributed by atoms with Crippen LogP contribution in [0, 0.1) is 5.92 Å². The van der Waals surface area contributed by atoms with Crippen LogP contribution < -0.4 is 0 Å². The quantitative estimate of drug-likeness (QED) is 0.705. The molecule has 1 saturated carbocycles. The van der Waals surface area contributed by atoms with Gasteiger partial charge in [-0.2, -0.15) is 5.10 Å². The van der Waals surface area contributed by atoms with E-state index < -0.39 is 0 Å². The van der Waals surface area contributed by atoms with Crippen molar-refractivity contribution in [2.45, 2.75) is 44.5 Å². The second-order valence-corrected chi connectivity index (χ2v) is 4.80. The first-order chi connectivity index (χ1) is 6.78. The summed E-state index contributed by atoms with van der Waals surface area (Å²) in [7, 11) is 0. The number of aryl methyl sites for hydroxylation is 1. The maximum absolute atomic E-state index is 6.08. The monoisotopic (exact) mass is 212 g/mol. The van der Waals surface area contributed by atoms with E-state index in [9.17, 15) is 0 Å². The lowest BCUT2D eigenvalue weighted by atomic mass is 10.0. The topological polar surface area (TPSA) is 17.8 Å². The van der Waals surface area contributed by atoms with Gasteiger partial charge in [0.2, 0.25) is 0 Å². The first-order valence-corrected chi connectivity index (χ1v) is 5.87. The van der Waals surface area contributed by atoms with Gasteiger partial charge in [-0.3, -0.25) is 4.68 Å².